The molecule has 1 aliphatic rings. The molecule has 0 bridgehead atoms. The summed E-state index contributed by atoms with van der Waals surface area (Å²) in [7, 11) is 0. The van der Waals surface area contributed by atoms with E-state index in [1.165, 1.54) is 11.1 Å². The van der Waals surface area contributed by atoms with E-state index in [0.29, 0.717) is 6.54 Å². The maximum atomic E-state index is 12.8. The van der Waals surface area contributed by atoms with Crippen LogP contribution in [0.5, 0.6) is 0 Å². The third-order valence-electron chi connectivity index (χ3n) is 6.61. The summed E-state index contributed by atoms with van der Waals surface area (Å²) in [6, 6.07) is 24.7. The van der Waals surface area contributed by atoms with Gasteiger partial charge < -0.3 is 20.4 Å². The Hall–Kier alpha value is -4.00. The van der Waals surface area contributed by atoms with Crippen LogP contribution in [0, 0.1) is 0 Å². The van der Waals surface area contributed by atoms with Crippen LogP contribution in [-0.4, -0.2) is 33.1 Å². The van der Waals surface area contributed by atoms with Crippen LogP contribution in [0.1, 0.15) is 56.6 Å². The Balaban J connectivity index is 1.38. The molecule has 1 fully saturated rings. The summed E-state index contributed by atoms with van der Waals surface area (Å²) in [5.74, 6) is 0.817. The zero-order valence-corrected chi connectivity index (χ0v) is 21.8. The minimum Gasteiger partial charge on any atom is -0.444 e. The van der Waals surface area contributed by atoms with Crippen molar-refractivity contribution in [3.8, 4) is 0 Å². The number of fused-ring (bicyclic) bond motifs is 1. The number of likely N-dealkylation sites (tertiary alicyclic amines) is 1. The monoisotopic (exact) mass is 497 g/mol. The van der Waals surface area contributed by atoms with E-state index in [1.54, 1.807) is 4.90 Å². The molecule has 1 saturated heterocycles. The number of amides is 1. The number of imidazole rings is 1. The van der Waals surface area contributed by atoms with E-state index in [2.05, 4.69) is 64.5 Å². The Morgan fingerprint density at radius 3 is 2.49 bits per heavy atom. The lowest BCUT2D eigenvalue weighted by Gasteiger charge is -2.27. The molecule has 3 N–H and O–H groups in total. The number of carbonyl (C=O) groups is 1. The van der Waals surface area contributed by atoms with Crippen molar-refractivity contribution in [1.82, 2.24) is 14.9 Å². The Morgan fingerprint density at radius 1 is 1.05 bits per heavy atom. The minimum absolute atomic E-state index is 0.1000. The second-order valence-electron chi connectivity index (χ2n) is 10.7. The summed E-state index contributed by atoms with van der Waals surface area (Å²) in [4.78, 5) is 25.3. The summed E-state index contributed by atoms with van der Waals surface area (Å²) in [6.45, 7) is 7.87. The summed E-state index contributed by atoms with van der Waals surface area (Å²) < 4.78 is 5.64. The maximum absolute atomic E-state index is 12.8. The maximum Gasteiger partial charge on any atom is 0.410 e. The number of ether oxygens (including phenoxy) is 1. The highest BCUT2D eigenvalue weighted by molar-refractivity contribution is 5.76. The number of aromatic amines is 1. The van der Waals surface area contributed by atoms with Gasteiger partial charge in [0.05, 0.1) is 17.1 Å². The summed E-state index contributed by atoms with van der Waals surface area (Å²) in [5, 5.41) is 0. The molecule has 1 aromatic heterocycles. The van der Waals surface area contributed by atoms with Crippen molar-refractivity contribution in [3.63, 3.8) is 0 Å². The van der Waals surface area contributed by atoms with Gasteiger partial charge in [0.1, 0.15) is 11.4 Å². The summed E-state index contributed by atoms with van der Waals surface area (Å²) >= 11 is 0. The molecule has 1 amide bonds. The minimum atomic E-state index is -0.524. The molecule has 192 valence electrons. The number of anilines is 2. The van der Waals surface area contributed by atoms with Gasteiger partial charge in [-0.3, -0.25) is 4.90 Å². The van der Waals surface area contributed by atoms with Gasteiger partial charge in [-0.15, -0.1) is 0 Å². The van der Waals surface area contributed by atoms with Crippen molar-refractivity contribution in [2.45, 2.75) is 58.3 Å². The van der Waals surface area contributed by atoms with Gasteiger partial charge in [0, 0.05) is 31.0 Å². The van der Waals surface area contributed by atoms with Gasteiger partial charge in [-0.1, -0.05) is 36.4 Å². The summed E-state index contributed by atoms with van der Waals surface area (Å²) in [5.41, 5.74) is 11.5. The molecule has 1 aliphatic heterocycles. The standard InChI is InChI=1S/C30H35N5O2/c1-30(2,3)37-29(36)35-17-7-10-27(35)28-32-25-16-13-22(18-26(25)33-28)20-34(24-8-5-4-6-9-24)19-21-11-14-23(31)15-12-21/h4-6,8-9,11-16,18,27H,7,10,17,19-20,31H2,1-3H3,(H,32,33). The molecular weight excluding hydrogens is 462 g/mol. The Bertz CT molecular complexity index is 1360. The van der Waals surface area contributed by atoms with Crippen LogP contribution >= 0.6 is 0 Å². The smallest absolute Gasteiger partial charge is 0.410 e. The van der Waals surface area contributed by atoms with Crippen molar-refractivity contribution in [2.75, 3.05) is 17.2 Å². The lowest BCUT2D eigenvalue weighted by molar-refractivity contribution is 0.0219. The number of para-hydroxylation sites is 1. The normalized spacial score (nSPS) is 15.8. The summed E-state index contributed by atoms with van der Waals surface area (Å²) in [6.07, 6.45) is 1.52. The third-order valence-corrected chi connectivity index (χ3v) is 6.61. The number of hydrogen-bond acceptors (Lipinski definition) is 5. The molecule has 0 spiro atoms. The number of nitrogens with one attached hydrogen (secondary N) is 1. The van der Waals surface area contributed by atoms with E-state index in [4.69, 9.17) is 15.5 Å². The van der Waals surface area contributed by atoms with Crippen LogP contribution in [-0.2, 0) is 17.8 Å². The Morgan fingerprint density at radius 2 is 1.76 bits per heavy atom. The Kier molecular flexibility index (Phi) is 6.78. The number of carbonyl (C=O) groups excluding carboxylic acids is 1. The zero-order chi connectivity index (χ0) is 26.0. The first-order valence-corrected chi connectivity index (χ1v) is 12.9. The molecule has 2 heterocycles. The van der Waals surface area contributed by atoms with Crippen LogP contribution in [0.4, 0.5) is 16.2 Å². The van der Waals surface area contributed by atoms with Gasteiger partial charge in [0.15, 0.2) is 0 Å². The van der Waals surface area contributed by atoms with E-state index in [-0.39, 0.29) is 12.1 Å². The van der Waals surface area contributed by atoms with Gasteiger partial charge in [0.2, 0.25) is 0 Å². The SMILES string of the molecule is CC(C)(C)OC(=O)N1CCCC1c1nc2ccc(CN(Cc3ccc(N)cc3)c3ccccc3)cc2[nH]1. The topological polar surface area (TPSA) is 87.5 Å². The van der Waals surface area contributed by atoms with Crippen LogP contribution in [0.3, 0.4) is 0 Å². The fraction of sp³-hybridized carbons (Fsp3) is 0.333. The van der Waals surface area contributed by atoms with Gasteiger partial charge in [-0.05, 0) is 81.1 Å². The first kappa shape index (κ1) is 24.7. The number of aromatic nitrogens is 2. The van der Waals surface area contributed by atoms with Crippen LogP contribution < -0.4 is 10.6 Å². The Labute approximate surface area is 218 Å². The fourth-order valence-electron chi connectivity index (χ4n) is 4.86. The predicted molar refractivity (Wildman–Crippen MR) is 148 cm³/mol. The highest BCUT2D eigenvalue weighted by atomic mass is 16.6. The van der Waals surface area contributed by atoms with Crippen molar-refractivity contribution in [1.29, 1.82) is 0 Å². The van der Waals surface area contributed by atoms with Gasteiger partial charge >= 0.3 is 6.09 Å². The molecule has 1 atom stereocenters. The highest BCUT2D eigenvalue weighted by Gasteiger charge is 2.35. The van der Waals surface area contributed by atoms with Gasteiger partial charge in [-0.2, -0.15) is 0 Å². The molecule has 4 aromatic rings. The van der Waals surface area contributed by atoms with E-state index >= 15 is 0 Å². The van der Waals surface area contributed by atoms with Crippen molar-refractivity contribution < 1.29 is 9.53 Å². The number of nitrogens with zero attached hydrogens (tertiary/aromatic N) is 3. The number of nitrogen functional groups attached to an aromatic ring is 1. The second kappa shape index (κ2) is 10.2. The number of rotatable bonds is 6. The van der Waals surface area contributed by atoms with Crippen LogP contribution in [0.15, 0.2) is 72.8 Å². The largest absolute Gasteiger partial charge is 0.444 e. The number of benzene rings is 3. The molecular formula is C30H35N5O2. The third kappa shape index (κ3) is 5.88. The molecule has 7 nitrogen and oxygen atoms in total. The molecule has 7 heteroatoms. The average Bonchev–Trinajstić information content (AvgIpc) is 3.51. The van der Waals surface area contributed by atoms with E-state index in [9.17, 15) is 4.79 Å². The van der Waals surface area contributed by atoms with E-state index < -0.39 is 5.60 Å². The fourth-order valence-corrected chi connectivity index (χ4v) is 4.86. The predicted octanol–water partition coefficient (Wildman–Crippen LogP) is 6.42. The van der Waals surface area contributed by atoms with Crippen molar-refractivity contribution in [3.05, 3.63) is 89.7 Å². The first-order valence-electron chi connectivity index (χ1n) is 12.9. The molecule has 0 saturated carbocycles. The molecule has 0 aliphatic carbocycles. The molecule has 37 heavy (non-hydrogen) atoms. The van der Waals surface area contributed by atoms with Crippen molar-refractivity contribution >= 4 is 28.5 Å². The molecule has 0 radical (unpaired) electrons. The van der Waals surface area contributed by atoms with E-state index in [1.807, 2.05) is 39.0 Å². The zero-order valence-electron chi connectivity index (χ0n) is 21.8. The second-order valence-corrected chi connectivity index (χ2v) is 10.7. The first-order chi connectivity index (χ1) is 17.7. The average molecular weight is 498 g/mol. The molecule has 5 rings (SSSR count). The highest BCUT2D eigenvalue weighted by Crippen LogP contribution is 2.33. The van der Waals surface area contributed by atoms with Gasteiger partial charge in [-0.25, -0.2) is 9.78 Å². The molecule has 3 aromatic carbocycles. The lowest BCUT2D eigenvalue weighted by Crippen LogP contribution is -2.36. The number of H-pyrrole nitrogens is 1. The number of nitrogens with two attached hydrogens (primary N) is 1. The number of hydrogen-bond donors (Lipinski definition) is 2. The van der Waals surface area contributed by atoms with Crippen LogP contribution in [0.25, 0.3) is 11.0 Å². The van der Waals surface area contributed by atoms with E-state index in [0.717, 1.165) is 54.2 Å². The molecule has 1 unspecified atom stereocenters. The lowest BCUT2D eigenvalue weighted by atomic mass is 10.1. The quantitative estimate of drug-likeness (QED) is 0.300. The van der Waals surface area contributed by atoms with Crippen LogP contribution in [0.2, 0.25) is 0 Å². The van der Waals surface area contributed by atoms with Crippen molar-refractivity contribution in [2.24, 2.45) is 0 Å². The van der Waals surface area contributed by atoms with Gasteiger partial charge in [0.25, 0.3) is 0 Å².